The predicted molar refractivity (Wildman–Crippen MR) is 163 cm³/mol. The number of carbonyl (C=O) groups is 3. The Hall–Kier alpha value is -3.72. The molecule has 2 aliphatic heterocycles. The molecule has 8 nitrogen and oxygen atoms in total. The van der Waals surface area contributed by atoms with Gasteiger partial charge in [0.25, 0.3) is 0 Å². The lowest BCUT2D eigenvalue weighted by Gasteiger charge is -2.53. The third-order valence-electron chi connectivity index (χ3n) is 6.86. The van der Waals surface area contributed by atoms with Gasteiger partial charge < -0.3 is 15.1 Å². The highest BCUT2D eigenvalue weighted by Gasteiger charge is 2.48. The van der Waals surface area contributed by atoms with Crippen LogP contribution >= 0.6 is 11.6 Å². The first-order chi connectivity index (χ1) is 19.9. The lowest BCUT2D eigenvalue weighted by Crippen LogP contribution is -2.74. The van der Waals surface area contributed by atoms with E-state index in [1.54, 1.807) is 27.9 Å². The molecule has 0 radical (unpaired) electrons. The number of hydrazine groups is 1. The summed E-state index contributed by atoms with van der Waals surface area (Å²) in [7, 11) is 3.65. The summed E-state index contributed by atoms with van der Waals surface area (Å²) >= 11 is 6.11. The van der Waals surface area contributed by atoms with Gasteiger partial charge in [-0.1, -0.05) is 98.2 Å². The molecule has 1 unspecified atom stereocenters. The Labute approximate surface area is 248 Å². The van der Waals surface area contributed by atoms with Gasteiger partial charge in [0.15, 0.2) is 0 Å². The third kappa shape index (κ3) is 8.39. The van der Waals surface area contributed by atoms with Crippen molar-refractivity contribution in [3.05, 3.63) is 107 Å². The summed E-state index contributed by atoms with van der Waals surface area (Å²) in [6.45, 7) is 5.62. The van der Waals surface area contributed by atoms with E-state index in [0.29, 0.717) is 18.0 Å². The Morgan fingerprint density at radius 1 is 0.902 bits per heavy atom. The lowest BCUT2D eigenvalue weighted by molar-refractivity contribution is -0.196. The summed E-state index contributed by atoms with van der Waals surface area (Å²) < 4.78 is 0. The highest BCUT2D eigenvalue weighted by Crippen LogP contribution is 2.28. The maximum absolute atomic E-state index is 13.5. The Morgan fingerprint density at radius 2 is 1.51 bits per heavy atom. The molecule has 3 amide bonds. The number of hydrogen-bond donors (Lipinski definition) is 1. The van der Waals surface area contributed by atoms with Crippen LogP contribution in [0.1, 0.15) is 30.5 Å². The number of nitrogens with one attached hydrogen (secondary N) is 1. The molecule has 9 heteroatoms. The van der Waals surface area contributed by atoms with Crippen LogP contribution in [0, 0.1) is 0 Å². The van der Waals surface area contributed by atoms with E-state index in [4.69, 9.17) is 11.6 Å². The Bertz CT molecular complexity index is 1260. The first-order valence-electron chi connectivity index (χ1n) is 13.9. The number of piperazine rings is 1. The first-order valence-corrected chi connectivity index (χ1v) is 14.3. The molecule has 0 saturated carbocycles. The number of hydrogen-bond acceptors (Lipinski definition) is 5. The van der Waals surface area contributed by atoms with Gasteiger partial charge in [0.2, 0.25) is 18.2 Å². The average Bonchev–Trinajstić information content (AvgIpc) is 2.98. The summed E-state index contributed by atoms with van der Waals surface area (Å²) in [6.07, 6.45) is 0.570. The number of amides is 3. The van der Waals surface area contributed by atoms with Crippen molar-refractivity contribution in [3.8, 4) is 0 Å². The number of nitrogens with zero attached hydrogens (tertiary/aromatic N) is 4. The second-order valence-corrected chi connectivity index (χ2v) is 10.1. The quantitative estimate of drug-likeness (QED) is 0.426. The molecule has 0 spiro atoms. The molecule has 5 rings (SSSR count). The minimum absolute atomic E-state index is 0.0576. The highest BCUT2D eigenvalue weighted by atomic mass is 35.5. The van der Waals surface area contributed by atoms with Crippen molar-refractivity contribution >= 4 is 29.8 Å². The van der Waals surface area contributed by atoms with Crippen molar-refractivity contribution < 1.29 is 14.4 Å². The van der Waals surface area contributed by atoms with Gasteiger partial charge in [0.05, 0.1) is 13.1 Å². The number of carbonyl (C=O) groups excluding carboxylic acids is 3. The molecule has 2 fully saturated rings. The monoisotopic (exact) mass is 577 g/mol. The van der Waals surface area contributed by atoms with Gasteiger partial charge in [-0.2, -0.15) is 0 Å². The first kappa shape index (κ1) is 31.8. The van der Waals surface area contributed by atoms with Crippen LogP contribution in [0.4, 0.5) is 0 Å². The number of rotatable bonds is 7. The van der Waals surface area contributed by atoms with Crippen LogP contribution in [0.25, 0.3) is 0 Å². The molecule has 2 aliphatic rings. The topological polar surface area (TPSA) is 76.2 Å². The van der Waals surface area contributed by atoms with E-state index in [1.165, 1.54) is 10.6 Å². The van der Waals surface area contributed by atoms with E-state index in [0.717, 1.165) is 24.1 Å². The maximum Gasteiger partial charge on any atom is 0.246 e. The largest absolute Gasteiger partial charge is 0.333 e. The number of benzene rings is 3. The minimum Gasteiger partial charge on any atom is -0.333 e. The molecular weight excluding hydrogens is 538 g/mol. The summed E-state index contributed by atoms with van der Waals surface area (Å²) in [4.78, 5) is 41.5. The van der Waals surface area contributed by atoms with Gasteiger partial charge in [0.1, 0.15) is 12.2 Å². The van der Waals surface area contributed by atoms with Crippen molar-refractivity contribution in [1.29, 1.82) is 0 Å². The minimum atomic E-state index is -0.672. The van der Waals surface area contributed by atoms with E-state index in [2.05, 4.69) is 17.4 Å². The summed E-state index contributed by atoms with van der Waals surface area (Å²) in [5.74, 6) is -0.281. The van der Waals surface area contributed by atoms with Crippen LogP contribution in [-0.2, 0) is 33.9 Å². The summed E-state index contributed by atoms with van der Waals surface area (Å²) in [5.41, 5.74) is 3.19. The van der Waals surface area contributed by atoms with Crippen LogP contribution in [0.3, 0.4) is 0 Å². The lowest BCUT2D eigenvalue weighted by atomic mass is 9.98. The second-order valence-electron chi connectivity index (χ2n) is 9.65. The summed E-state index contributed by atoms with van der Waals surface area (Å²) in [5, 5.41) is 6.78. The van der Waals surface area contributed by atoms with Crippen molar-refractivity contribution in [3.63, 3.8) is 0 Å². The maximum atomic E-state index is 13.5. The molecule has 2 saturated heterocycles. The Morgan fingerprint density at radius 3 is 2.10 bits per heavy atom. The van der Waals surface area contributed by atoms with Gasteiger partial charge in [-0.3, -0.25) is 19.4 Å². The fraction of sp³-hybridized carbons (Fsp3) is 0.344. The Kier molecular flexibility index (Phi) is 12.3. The second kappa shape index (κ2) is 15.9. The van der Waals surface area contributed by atoms with E-state index in [9.17, 15) is 14.4 Å². The van der Waals surface area contributed by atoms with Gasteiger partial charge >= 0.3 is 0 Å². The zero-order valence-corrected chi connectivity index (χ0v) is 25.0. The number of fused-ring (bicyclic) bond motifs is 1. The SMILES string of the molecule is CC.CN1CC(=O)N2C(CN(Cc3cccc(Cl)c3)C(=O)[C@@H]2Cc2ccccc2)N1C=O.CNCc1ccccc1. The smallest absolute Gasteiger partial charge is 0.246 e. The molecule has 1 N–H and O–H groups in total. The third-order valence-corrected chi connectivity index (χ3v) is 7.09. The molecule has 0 aromatic heterocycles. The molecule has 3 aromatic rings. The normalized spacial score (nSPS) is 18.5. The van der Waals surface area contributed by atoms with Gasteiger partial charge in [0, 0.05) is 31.6 Å². The molecule has 218 valence electrons. The van der Waals surface area contributed by atoms with Gasteiger partial charge in [-0.15, -0.1) is 0 Å². The highest BCUT2D eigenvalue weighted by molar-refractivity contribution is 6.30. The molecule has 2 heterocycles. The van der Waals surface area contributed by atoms with Crippen molar-refractivity contribution in [2.24, 2.45) is 0 Å². The standard InChI is InChI=1S/C22H23ClN4O3.C8H11N.C2H6/c1-24-14-21(29)27-19(11-16-6-3-2-4-7-16)22(30)25(13-20(27)26(24)15-28)12-17-8-5-9-18(23)10-17;1-9-7-8-5-3-2-4-6-8;1-2/h2-10,15,19-20H,11-14H2,1H3;2-6,9H,7H2,1H3;1-2H3/t19-,20?;;/m0../s1. The molecular formula is C32H40ClN5O3. The zero-order valence-electron chi connectivity index (χ0n) is 24.2. The van der Waals surface area contributed by atoms with E-state index in [-0.39, 0.29) is 24.9 Å². The van der Waals surface area contributed by atoms with Crippen LogP contribution in [0.15, 0.2) is 84.9 Å². The van der Waals surface area contributed by atoms with Crippen molar-refractivity contribution in [2.45, 2.75) is 45.6 Å². The molecule has 3 aromatic carbocycles. The van der Waals surface area contributed by atoms with Crippen molar-refractivity contribution in [1.82, 2.24) is 25.1 Å². The molecule has 41 heavy (non-hydrogen) atoms. The van der Waals surface area contributed by atoms with E-state index < -0.39 is 12.2 Å². The number of likely N-dealkylation sites (N-methyl/N-ethyl adjacent to an activating group) is 1. The van der Waals surface area contributed by atoms with Gasteiger partial charge in [-0.25, -0.2) is 5.01 Å². The fourth-order valence-corrected chi connectivity index (χ4v) is 5.24. The summed E-state index contributed by atoms with van der Waals surface area (Å²) in [6, 6.07) is 26.6. The fourth-order valence-electron chi connectivity index (χ4n) is 5.02. The van der Waals surface area contributed by atoms with E-state index in [1.807, 2.05) is 87.6 Å². The van der Waals surface area contributed by atoms with Crippen LogP contribution in [-0.4, -0.2) is 77.4 Å². The molecule has 0 aliphatic carbocycles. The van der Waals surface area contributed by atoms with Crippen LogP contribution in [0.5, 0.6) is 0 Å². The van der Waals surface area contributed by atoms with Crippen LogP contribution < -0.4 is 5.32 Å². The Balaban J connectivity index is 0.000000355. The van der Waals surface area contributed by atoms with Gasteiger partial charge in [-0.05, 0) is 35.9 Å². The molecule has 0 bridgehead atoms. The predicted octanol–water partition coefficient (Wildman–Crippen LogP) is 4.20. The van der Waals surface area contributed by atoms with Crippen LogP contribution in [0.2, 0.25) is 5.02 Å². The average molecular weight is 578 g/mol. The van der Waals surface area contributed by atoms with Crippen molar-refractivity contribution in [2.75, 3.05) is 27.2 Å². The number of halogens is 1. The van der Waals surface area contributed by atoms with E-state index >= 15 is 0 Å². The zero-order chi connectivity index (χ0) is 29.8. The molecule has 2 atom stereocenters.